The van der Waals surface area contributed by atoms with E-state index < -0.39 is 11.9 Å². The first-order valence-corrected chi connectivity index (χ1v) is 6.27. The number of hydrogen-bond donors (Lipinski definition) is 2. The summed E-state index contributed by atoms with van der Waals surface area (Å²) in [5, 5.41) is 2.73. The van der Waals surface area contributed by atoms with Crippen LogP contribution in [0.4, 0.5) is 0 Å². The molecule has 100 valence electrons. The van der Waals surface area contributed by atoms with E-state index in [2.05, 4.69) is 18.5 Å². The lowest BCUT2D eigenvalue weighted by atomic mass is 10.0. The van der Waals surface area contributed by atoms with Crippen molar-refractivity contribution < 1.29 is 9.59 Å². The molecule has 2 amide bonds. The number of carbonyl (C=O) groups excluding carboxylic acids is 2. The van der Waals surface area contributed by atoms with Crippen molar-refractivity contribution in [3.05, 3.63) is 24.8 Å². The van der Waals surface area contributed by atoms with E-state index >= 15 is 0 Å². The van der Waals surface area contributed by atoms with Crippen LogP contribution in [0, 0.1) is 17.8 Å². The van der Waals surface area contributed by atoms with Gasteiger partial charge in [0.25, 0.3) is 0 Å². The van der Waals surface area contributed by atoms with Crippen molar-refractivity contribution in [3.8, 4) is 0 Å². The number of rotatable bonds is 7. The number of allylic oxidation sites excluding steroid dienone is 2. The van der Waals surface area contributed by atoms with Crippen molar-refractivity contribution in [1.29, 1.82) is 0 Å². The number of primary amides is 1. The summed E-state index contributed by atoms with van der Waals surface area (Å²) in [5.41, 5.74) is 6.17. The molecular formula is C14H22N2O2. The summed E-state index contributed by atoms with van der Waals surface area (Å²) in [6.45, 7) is 11.5. The topological polar surface area (TPSA) is 72.2 Å². The van der Waals surface area contributed by atoms with Crippen molar-refractivity contribution >= 4 is 11.8 Å². The molecule has 3 unspecified atom stereocenters. The summed E-state index contributed by atoms with van der Waals surface area (Å²) in [6.07, 6.45) is 3.03. The highest BCUT2D eigenvalue weighted by molar-refractivity contribution is 5.89. The molecular weight excluding hydrogens is 228 g/mol. The Labute approximate surface area is 108 Å². The molecule has 1 aliphatic rings. The summed E-state index contributed by atoms with van der Waals surface area (Å²) < 4.78 is 0. The average Bonchev–Trinajstić information content (AvgIpc) is 3.06. The van der Waals surface area contributed by atoms with Crippen LogP contribution in [0.15, 0.2) is 24.8 Å². The summed E-state index contributed by atoms with van der Waals surface area (Å²) in [6, 6.07) is -0.573. The first-order valence-electron chi connectivity index (χ1n) is 6.27. The number of carbonyl (C=O) groups is 2. The van der Waals surface area contributed by atoms with E-state index in [1.54, 1.807) is 6.08 Å². The van der Waals surface area contributed by atoms with Gasteiger partial charge in [0.1, 0.15) is 6.04 Å². The van der Waals surface area contributed by atoms with E-state index in [1.807, 2.05) is 13.8 Å². The van der Waals surface area contributed by atoms with Crippen LogP contribution in [0.2, 0.25) is 0 Å². The van der Waals surface area contributed by atoms with Gasteiger partial charge in [-0.1, -0.05) is 38.7 Å². The number of amides is 2. The standard InChI is InChI=1S/C14H22N2O2/c1-5-9(4)10-7-11(10)14(18)16-12(13(15)17)6-8(2)3/h5,8,10-12H,1,4,6-7H2,2-3H3,(H2,15,17)(H,16,18). The molecule has 0 heterocycles. The van der Waals surface area contributed by atoms with Crippen molar-refractivity contribution in [2.24, 2.45) is 23.5 Å². The second-order valence-corrected chi connectivity index (χ2v) is 5.32. The minimum absolute atomic E-state index is 0.0792. The quantitative estimate of drug-likeness (QED) is 0.670. The van der Waals surface area contributed by atoms with Gasteiger partial charge in [0.15, 0.2) is 0 Å². The molecule has 3 N–H and O–H groups in total. The molecule has 0 aromatic heterocycles. The lowest BCUT2D eigenvalue weighted by Crippen LogP contribution is -2.45. The molecule has 4 heteroatoms. The molecule has 18 heavy (non-hydrogen) atoms. The molecule has 0 saturated heterocycles. The second kappa shape index (κ2) is 5.85. The van der Waals surface area contributed by atoms with Crippen LogP contribution in [-0.2, 0) is 9.59 Å². The van der Waals surface area contributed by atoms with Gasteiger partial charge in [-0.25, -0.2) is 0 Å². The fourth-order valence-corrected chi connectivity index (χ4v) is 2.04. The number of nitrogens with one attached hydrogen (secondary N) is 1. The Morgan fingerprint density at radius 3 is 2.50 bits per heavy atom. The number of nitrogens with two attached hydrogens (primary N) is 1. The molecule has 1 fully saturated rings. The largest absolute Gasteiger partial charge is 0.368 e. The van der Waals surface area contributed by atoms with Crippen LogP contribution >= 0.6 is 0 Å². The molecule has 0 radical (unpaired) electrons. The van der Waals surface area contributed by atoms with Gasteiger partial charge in [-0.2, -0.15) is 0 Å². The molecule has 0 bridgehead atoms. The van der Waals surface area contributed by atoms with E-state index in [1.165, 1.54) is 0 Å². The summed E-state index contributed by atoms with van der Waals surface area (Å²) in [7, 11) is 0. The smallest absolute Gasteiger partial charge is 0.240 e. The normalized spacial score (nSPS) is 23.3. The van der Waals surface area contributed by atoms with Crippen LogP contribution in [0.1, 0.15) is 26.7 Å². The molecule has 0 aromatic rings. The van der Waals surface area contributed by atoms with Gasteiger partial charge in [0.05, 0.1) is 0 Å². The first kappa shape index (κ1) is 14.5. The van der Waals surface area contributed by atoms with Crippen molar-refractivity contribution in [1.82, 2.24) is 5.32 Å². The molecule has 4 nitrogen and oxygen atoms in total. The van der Waals surface area contributed by atoms with Crippen molar-refractivity contribution in [2.75, 3.05) is 0 Å². The zero-order chi connectivity index (χ0) is 13.9. The van der Waals surface area contributed by atoms with Gasteiger partial charge in [0.2, 0.25) is 11.8 Å². The minimum Gasteiger partial charge on any atom is -0.368 e. The monoisotopic (exact) mass is 250 g/mol. The molecule has 0 spiro atoms. The highest BCUT2D eigenvalue weighted by Crippen LogP contribution is 2.44. The highest BCUT2D eigenvalue weighted by Gasteiger charge is 2.44. The first-order chi connectivity index (χ1) is 8.36. The van der Waals surface area contributed by atoms with Gasteiger partial charge in [-0.15, -0.1) is 0 Å². The predicted molar refractivity (Wildman–Crippen MR) is 71.5 cm³/mol. The zero-order valence-corrected chi connectivity index (χ0v) is 11.1. The Morgan fingerprint density at radius 1 is 1.44 bits per heavy atom. The molecule has 0 aliphatic heterocycles. The van der Waals surface area contributed by atoms with Gasteiger partial charge in [-0.05, 0) is 24.7 Å². The summed E-state index contributed by atoms with van der Waals surface area (Å²) >= 11 is 0. The van der Waals surface area contributed by atoms with E-state index in [9.17, 15) is 9.59 Å². The predicted octanol–water partition coefficient (Wildman–Crippen LogP) is 1.38. The van der Waals surface area contributed by atoms with E-state index in [0.717, 1.165) is 12.0 Å². The Hall–Kier alpha value is -1.58. The maximum absolute atomic E-state index is 11.9. The van der Waals surface area contributed by atoms with Gasteiger partial charge in [0, 0.05) is 5.92 Å². The van der Waals surface area contributed by atoms with Crippen molar-refractivity contribution in [2.45, 2.75) is 32.7 Å². The average molecular weight is 250 g/mol. The SMILES string of the molecule is C=CC(=C)C1CC1C(=O)NC(CC(C)C)C(N)=O. The van der Waals surface area contributed by atoms with E-state index in [4.69, 9.17) is 5.73 Å². The molecule has 0 aromatic carbocycles. The van der Waals surface area contributed by atoms with Crippen LogP contribution in [0.25, 0.3) is 0 Å². The number of hydrogen-bond acceptors (Lipinski definition) is 2. The molecule has 1 rings (SSSR count). The third-order valence-corrected chi connectivity index (χ3v) is 3.23. The summed E-state index contributed by atoms with van der Waals surface area (Å²) in [5.74, 6) is -0.176. The maximum Gasteiger partial charge on any atom is 0.240 e. The zero-order valence-electron chi connectivity index (χ0n) is 11.1. The third kappa shape index (κ3) is 3.72. The van der Waals surface area contributed by atoms with E-state index in [-0.39, 0.29) is 17.7 Å². The molecule has 1 aliphatic carbocycles. The van der Waals surface area contributed by atoms with Crippen LogP contribution in [0.5, 0.6) is 0 Å². The minimum atomic E-state index is -0.573. The van der Waals surface area contributed by atoms with Gasteiger partial charge >= 0.3 is 0 Å². The summed E-state index contributed by atoms with van der Waals surface area (Å²) in [4.78, 5) is 23.2. The fraction of sp³-hybridized carbons (Fsp3) is 0.571. The Bertz CT molecular complexity index is 374. The second-order valence-electron chi connectivity index (χ2n) is 5.32. The molecule has 1 saturated carbocycles. The lowest BCUT2D eigenvalue weighted by Gasteiger charge is -2.17. The van der Waals surface area contributed by atoms with Crippen LogP contribution < -0.4 is 11.1 Å². The van der Waals surface area contributed by atoms with Crippen LogP contribution in [-0.4, -0.2) is 17.9 Å². The third-order valence-electron chi connectivity index (χ3n) is 3.23. The maximum atomic E-state index is 11.9. The van der Waals surface area contributed by atoms with Gasteiger partial charge in [-0.3, -0.25) is 9.59 Å². The lowest BCUT2D eigenvalue weighted by molar-refractivity contribution is -0.128. The fourth-order valence-electron chi connectivity index (χ4n) is 2.04. The Balaban J connectivity index is 2.51. The van der Waals surface area contributed by atoms with Crippen molar-refractivity contribution in [3.63, 3.8) is 0 Å². The Morgan fingerprint density at radius 2 is 2.06 bits per heavy atom. The highest BCUT2D eigenvalue weighted by atomic mass is 16.2. The molecule has 3 atom stereocenters. The van der Waals surface area contributed by atoms with Gasteiger partial charge < -0.3 is 11.1 Å². The van der Waals surface area contributed by atoms with E-state index in [0.29, 0.717) is 12.3 Å². The Kier molecular flexibility index (Phi) is 4.70. The van der Waals surface area contributed by atoms with Crippen LogP contribution in [0.3, 0.4) is 0 Å².